The number of carbonyl (C=O) groups excluding carboxylic acids is 3. The van der Waals surface area contributed by atoms with E-state index in [1.165, 1.54) is 6.92 Å². The number of nitrogens with one attached hydrogen (secondary N) is 1. The summed E-state index contributed by atoms with van der Waals surface area (Å²) in [5, 5.41) is 3.06. The topological polar surface area (TPSA) is 98.2 Å². The van der Waals surface area contributed by atoms with Gasteiger partial charge in [-0.1, -0.05) is 48.5 Å². The second kappa shape index (κ2) is 9.97. The van der Waals surface area contributed by atoms with Crippen LogP contribution in [0.2, 0.25) is 0 Å². The number of carbonyl (C=O) groups is 3. The second-order valence-corrected chi connectivity index (χ2v) is 16.3. The second-order valence-electron chi connectivity index (χ2n) is 16.3. The van der Waals surface area contributed by atoms with E-state index in [9.17, 15) is 14.4 Å². The molecule has 5 aliphatic rings. The first-order chi connectivity index (χ1) is 20.1. The van der Waals surface area contributed by atoms with Crippen LogP contribution in [0.4, 0.5) is 5.82 Å². The minimum Gasteiger partial charge on any atom is -0.462 e. The van der Waals surface area contributed by atoms with Crippen LogP contribution in [0, 0.1) is 50.7 Å². The monoisotopic (exact) mass is 589 g/mol. The van der Waals surface area contributed by atoms with Gasteiger partial charge in [0, 0.05) is 31.2 Å². The van der Waals surface area contributed by atoms with Gasteiger partial charge < -0.3 is 10.1 Å². The van der Waals surface area contributed by atoms with Crippen LogP contribution in [0.3, 0.4) is 0 Å². The molecule has 234 valence electrons. The zero-order valence-electron chi connectivity index (χ0n) is 27.5. The lowest BCUT2D eigenvalue weighted by molar-refractivity contribution is -0.232. The van der Waals surface area contributed by atoms with E-state index in [-0.39, 0.29) is 63.7 Å². The molecular weight excluding hydrogens is 538 g/mol. The van der Waals surface area contributed by atoms with Gasteiger partial charge in [-0.05, 0) is 102 Å². The van der Waals surface area contributed by atoms with E-state index in [1.807, 2.05) is 0 Å². The fourth-order valence-electron chi connectivity index (χ4n) is 11.9. The summed E-state index contributed by atoms with van der Waals surface area (Å²) in [6.07, 6.45) is 12.9. The molecule has 8 atom stereocenters. The highest BCUT2D eigenvalue weighted by Gasteiger charge is 2.71. The van der Waals surface area contributed by atoms with Crippen LogP contribution in [0.15, 0.2) is 29.7 Å². The molecule has 0 spiro atoms. The van der Waals surface area contributed by atoms with Crippen LogP contribution < -0.4 is 5.32 Å². The summed E-state index contributed by atoms with van der Waals surface area (Å²) in [6.45, 7) is 18.0. The van der Waals surface area contributed by atoms with E-state index >= 15 is 0 Å². The van der Waals surface area contributed by atoms with E-state index in [2.05, 4.69) is 63.8 Å². The van der Waals surface area contributed by atoms with Gasteiger partial charge in [-0.3, -0.25) is 19.4 Å². The number of hydrogen-bond donors (Lipinski definition) is 1. The highest BCUT2D eigenvalue weighted by Crippen LogP contribution is 2.76. The van der Waals surface area contributed by atoms with Crippen molar-refractivity contribution < 1.29 is 19.1 Å². The van der Waals surface area contributed by atoms with Crippen molar-refractivity contribution in [3.8, 4) is 0 Å². The van der Waals surface area contributed by atoms with Gasteiger partial charge in [-0.2, -0.15) is 0 Å². The molecule has 0 radical (unpaired) electrons. The van der Waals surface area contributed by atoms with Gasteiger partial charge in [0.1, 0.15) is 6.10 Å². The summed E-state index contributed by atoms with van der Waals surface area (Å²) < 4.78 is 5.91. The SMILES string of the molecule is CC(=O)O[C@H]1CC[C@]2(C)[C@H]3CC[C@@H]4C5=C(C(C)C)C(=O)C[C@]5(C(=O)Nc5cnccn5)CC[C@@]4(C)[C@]3(C)CC[C@H]2C1(C)C. The molecular formula is C36H51N3O4. The number of amides is 1. The van der Waals surface area contributed by atoms with Crippen molar-refractivity contribution in [2.45, 2.75) is 119 Å². The Balaban J connectivity index is 1.39. The van der Waals surface area contributed by atoms with Crippen molar-refractivity contribution in [3.05, 3.63) is 29.7 Å². The first-order valence-corrected chi connectivity index (χ1v) is 16.6. The summed E-state index contributed by atoms with van der Waals surface area (Å²) in [6, 6.07) is 0. The van der Waals surface area contributed by atoms with E-state index < -0.39 is 5.41 Å². The standard InChI is InChI=1S/C36H51N3O4/c1-21(2)29-24(41)19-36(31(42)39-28-20-37-17-18-38-28)16-15-34(7)23(30(29)36)9-10-26-33(6)13-12-27(43-22(3)40)32(4,5)25(33)11-14-35(26,34)8/h17-18,20-21,23,25-27H,9-16,19H2,1-8H3,(H,38,39,42)/t23-,25+,26-,27+,33+,34-,35-,36-/m1/s1. The lowest BCUT2D eigenvalue weighted by Gasteiger charge is -2.72. The number of fused-ring (bicyclic) bond motifs is 7. The number of rotatable bonds is 4. The summed E-state index contributed by atoms with van der Waals surface area (Å²) in [5.74, 6) is 1.61. The molecule has 6 rings (SSSR count). The van der Waals surface area contributed by atoms with Crippen LogP contribution >= 0.6 is 0 Å². The van der Waals surface area contributed by atoms with Gasteiger partial charge in [0.15, 0.2) is 11.6 Å². The maximum Gasteiger partial charge on any atom is 0.302 e. The van der Waals surface area contributed by atoms with E-state index in [0.29, 0.717) is 24.1 Å². The quantitative estimate of drug-likeness (QED) is 0.369. The average Bonchev–Trinajstić information content (AvgIpc) is 3.24. The van der Waals surface area contributed by atoms with Crippen LogP contribution in [0.5, 0.6) is 0 Å². The Labute approximate surface area is 257 Å². The van der Waals surface area contributed by atoms with E-state index in [4.69, 9.17) is 4.74 Å². The Morgan fingerprint density at radius 2 is 1.67 bits per heavy atom. The predicted octanol–water partition coefficient (Wildman–Crippen LogP) is 7.33. The number of allylic oxidation sites excluding steroid dienone is 1. The van der Waals surface area contributed by atoms with Crippen LogP contribution in [0.1, 0.15) is 113 Å². The molecule has 0 bridgehead atoms. The molecule has 4 saturated carbocycles. The average molecular weight is 590 g/mol. The molecule has 1 N–H and O–H groups in total. The van der Waals surface area contributed by atoms with Gasteiger partial charge in [-0.15, -0.1) is 0 Å². The van der Waals surface area contributed by atoms with Crippen molar-refractivity contribution >= 4 is 23.5 Å². The molecule has 0 saturated heterocycles. The molecule has 0 aromatic carbocycles. The van der Waals surface area contributed by atoms with Gasteiger partial charge in [0.05, 0.1) is 11.6 Å². The normalized spacial score (nSPS) is 41.6. The van der Waals surface area contributed by atoms with Crippen molar-refractivity contribution in [2.75, 3.05) is 5.32 Å². The lowest BCUT2D eigenvalue weighted by Crippen LogP contribution is -2.66. The van der Waals surface area contributed by atoms with Crippen LogP contribution in [-0.2, 0) is 19.1 Å². The number of esters is 1. The number of hydrogen-bond acceptors (Lipinski definition) is 6. The van der Waals surface area contributed by atoms with E-state index in [1.54, 1.807) is 18.6 Å². The Bertz CT molecular complexity index is 1370. The predicted molar refractivity (Wildman–Crippen MR) is 166 cm³/mol. The molecule has 5 aliphatic carbocycles. The first-order valence-electron chi connectivity index (χ1n) is 16.6. The fraction of sp³-hybridized carbons (Fsp3) is 0.750. The number of ketones is 1. The molecule has 1 aromatic rings. The molecule has 0 unspecified atom stereocenters. The molecule has 7 nitrogen and oxygen atoms in total. The number of Topliss-reactive ketones (excluding diaryl/α,β-unsaturated/α-hetero) is 1. The summed E-state index contributed by atoms with van der Waals surface area (Å²) in [7, 11) is 0. The van der Waals surface area contributed by atoms with Crippen molar-refractivity contribution in [1.29, 1.82) is 0 Å². The Morgan fingerprint density at radius 3 is 2.33 bits per heavy atom. The van der Waals surface area contributed by atoms with Crippen LogP contribution in [0.25, 0.3) is 0 Å². The summed E-state index contributed by atoms with van der Waals surface area (Å²) >= 11 is 0. The third kappa shape index (κ3) is 4.15. The summed E-state index contributed by atoms with van der Waals surface area (Å²) in [5.41, 5.74) is 1.38. The van der Waals surface area contributed by atoms with Gasteiger partial charge in [0.25, 0.3) is 0 Å². The molecule has 43 heavy (non-hydrogen) atoms. The van der Waals surface area contributed by atoms with Crippen LogP contribution in [-0.4, -0.2) is 33.7 Å². The molecule has 4 fully saturated rings. The molecule has 1 aromatic heterocycles. The summed E-state index contributed by atoms with van der Waals surface area (Å²) in [4.78, 5) is 48.5. The Hall–Kier alpha value is -2.57. The molecule has 7 heteroatoms. The fourth-order valence-corrected chi connectivity index (χ4v) is 11.9. The maximum absolute atomic E-state index is 14.2. The highest BCUT2D eigenvalue weighted by molar-refractivity contribution is 6.09. The number of anilines is 1. The first kappa shape index (κ1) is 30.5. The van der Waals surface area contributed by atoms with Gasteiger partial charge >= 0.3 is 5.97 Å². The molecule has 0 aliphatic heterocycles. The van der Waals surface area contributed by atoms with Gasteiger partial charge in [0.2, 0.25) is 5.91 Å². The minimum absolute atomic E-state index is 0.0167. The largest absolute Gasteiger partial charge is 0.462 e. The zero-order valence-corrected chi connectivity index (χ0v) is 27.5. The molecule has 1 amide bonds. The van der Waals surface area contributed by atoms with Crippen molar-refractivity contribution in [2.24, 2.45) is 50.7 Å². The van der Waals surface area contributed by atoms with E-state index in [0.717, 1.165) is 56.1 Å². The van der Waals surface area contributed by atoms with Gasteiger partial charge in [-0.25, -0.2) is 4.98 Å². The van der Waals surface area contributed by atoms with Crippen molar-refractivity contribution in [3.63, 3.8) is 0 Å². The molecule has 1 heterocycles. The Kier molecular flexibility index (Phi) is 7.06. The number of nitrogens with zero attached hydrogens (tertiary/aromatic N) is 2. The smallest absolute Gasteiger partial charge is 0.302 e. The maximum atomic E-state index is 14.2. The third-order valence-corrected chi connectivity index (χ3v) is 13.9. The van der Waals surface area contributed by atoms with Crippen molar-refractivity contribution in [1.82, 2.24) is 9.97 Å². The Morgan fingerprint density at radius 1 is 0.930 bits per heavy atom. The third-order valence-electron chi connectivity index (χ3n) is 13.9. The zero-order chi connectivity index (χ0) is 31.2. The highest BCUT2D eigenvalue weighted by atomic mass is 16.5. The lowest BCUT2D eigenvalue weighted by atomic mass is 9.33. The minimum atomic E-state index is -0.813. The number of ether oxygens (including phenoxy) is 1. The number of aromatic nitrogens is 2.